The molecule has 2 aliphatic rings. The minimum Gasteiger partial charge on any atom is -0.394 e. The SMILES string of the molecule is OC[C@H]1C[C@@H](C2CC2)CO1. The van der Waals surface area contributed by atoms with E-state index in [9.17, 15) is 0 Å². The van der Waals surface area contributed by atoms with E-state index in [1.54, 1.807) is 0 Å². The third kappa shape index (κ3) is 1.18. The predicted molar refractivity (Wildman–Crippen MR) is 37.7 cm³/mol. The Bertz CT molecular complexity index is 120. The van der Waals surface area contributed by atoms with Crippen LogP contribution in [-0.4, -0.2) is 24.4 Å². The summed E-state index contributed by atoms with van der Waals surface area (Å²) in [5, 5.41) is 8.76. The van der Waals surface area contributed by atoms with Crippen LogP contribution >= 0.6 is 0 Å². The molecule has 1 aliphatic carbocycles. The van der Waals surface area contributed by atoms with Gasteiger partial charge >= 0.3 is 0 Å². The molecule has 2 heteroatoms. The van der Waals surface area contributed by atoms with E-state index in [0.29, 0.717) is 0 Å². The maximum absolute atomic E-state index is 8.76. The molecule has 2 nitrogen and oxygen atoms in total. The van der Waals surface area contributed by atoms with Gasteiger partial charge in [-0.1, -0.05) is 0 Å². The Morgan fingerprint density at radius 1 is 1.30 bits per heavy atom. The molecule has 1 N–H and O–H groups in total. The molecule has 2 fully saturated rings. The lowest BCUT2D eigenvalue weighted by atomic mass is 10.0. The van der Waals surface area contributed by atoms with Crippen LogP contribution in [0.4, 0.5) is 0 Å². The largest absolute Gasteiger partial charge is 0.394 e. The average Bonchev–Trinajstić information content (AvgIpc) is 2.70. The van der Waals surface area contributed by atoms with Gasteiger partial charge < -0.3 is 9.84 Å². The summed E-state index contributed by atoms with van der Waals surface area (Å²) in [6.07, 6.45) is 4.05. The molecule has 1 aliphatic heterocycles. The minimum absolute atomic E-state index is 0.158. The molecule has 0 aromatic carbocycles. The van der Waals surface area contributed by atoms with Crippen molar-refractivity contribution in [1.82, 2.24) is 0 Å². The van der Waals surface area contributed by atoms with Crippen LogP contribution < -0.4 is 0 Å². The first kappa shape index (κ1) is 6.62. The fraction of sp³-hybridized carbons (Fsp3) is 1.00. The predicted octanol–water partition coefficient (Wildman–Crippen LogP) is 0.794. The second-order valence-corrected chi connectivity index (χ2v) is 3.47. The van der Waals surface area contributed by atoms with Crippen molar-refractivity contribution < 1.29 is 9.84 Å². The highest BCUT2D eigenvalue weighted by Gasteiger charge is 2.36. The Balaban J connectivity index is 1.81. The number of aliphatic hydroxyl groups is 1. The van der Waals surface area contributed by atoms with Crippen LogP contribution in [-0.2, 0) is 4.74 Å². The highest BCUT2D eigenvalue weighted by molar-refractivity contribution is 4.86. The summed E-state index contributed by atoms with van der Waals surface area (Å²) in [6.45, 7) is 1.11. The van der Waals surface area contributed by atoms with Gasteiger partial charge in [0.25, 0.3) is 0 Å². The molecular formula is C8H14O2. The Kier molecular flexibility index (Phi) is 1.66. The van der Waals surface area contributed by atoms with Crippen molar-refractivity contribution in [2.24, 2.45) is 11.8 Å². The lowest BCUT2D eigenvalue weighted by Gasteiger charge is -2.03. The maximum Gasteiger partial charge on any atom is 0.0809 e. The summed E-state index contributed by atoms with van der Waals surface area (Å²) in [4.78, 5) is 0. The van der Waals surface area contributed by atoms with E-state index in [2.05, 4.69) is 0 Å². The molecule has 0 spiro atoms. The maximum atomic E-state index is 8.76. The monoisotopic (exact) mass is 142 g/mol. The summed E-state index contributed by atoms with van der Waals surface area (Å²) in [6, 6.07) is 0. The average molecular weight is 142 g/mol. The summed E-state index contributed by atoms with van der Waals surface area (Å²) < 4.78 is 5.37. The molecule has 2 atom stereocenters. The van der Waals surface area contributed by atoms with E-state index in [0.717, 1.165) is 24.9 Å². The van der Waals surface area contributed by atoms with E-state index in [4.69, 9.17) is 9.84 Å². The zero-order valence-electron chi connectivity index (χ0n) is 6.12. The third-order valence-corrected chi connectivity index (χ3v) is 2.60. The topological polar surface area (TPSA) is 29.5 Å². The number of hydrogen-bond acceptors (Lipinski definition) is 2. The first-order valence-electron chi connectivity index (χ1n) is 4.12. The van der Waals surface area contributed by atoms with Gasteiger partial charge in [0.05, 0.1) is 19.3 Å². The molecule has 10 heavy (non-hydrogen) atoms. The Labute approximate surface area is 61.2 Å². The van der Waals surface area contributed by atoms with Crippen molar-refractivity contribution in [1.29, 1.82) is 0 Å². The zero-order chi connectivity index (χ0) is 6.97. The van der Waals surface area contributed by atoms with Gasteiger partial charge in [-0.15, -0.1) is 0 Å². The molecule has 0 unspecified atom stereocenters. The van der Waals surface area contributed by atoms with Crippen LogP contribution in [0.15, 0.2) is 0 Å². The van der Waals surface area contributed by atoms with Crippen LogP contribution in [0.25, 0.3) is 0 Å². The van der Waals surface area contributed by atoms with Crippen LogP contribution in [0.3, 0.4) is 0 Å². The summed E-state index contributed by atoms with van der Waals surface area (Å²) in [5.74, 6) is 1.72. The lowest BCUT2D eigenvalue weighted by molar-refractivity contribution is 0.0568. The van der Waals surface area contributed by atoms with Crippen molar-refractivity contribution in [2.75, 3.05) is 13.2 Å². The fourth-order valence-electron chi connectivity index (χ4n) is 1.76. The van der Waals surface area contributed by atoms with E-state index >= 15 is 0 Å². The molecule has 1 heterocycles. The van der Waals surface area contributed by atoms with Gasteiger partial charge in [0, 0.05) is 0 Å². The second kappa shape index (κ2) is 2.51. The van der Waals surface area contributed by atoms with Crippen LogP contribution in [0.2, 0.25) is 0 Å². The van der Waals surface area contributed by atoms with Gasteiger partial charge in [-0.3, -0.25) is 0 Å². The van der Waals surface area contributed by atoms with Crippen molar-refractivity contribution >= 4 is 0 Å². The van der Waals surface area contributed by atoms with Crippen molar-refractivity contribution in [3.63, 3.8) is 0 Å². The molecule has 0 aromatic heterocycles. The molecule has 0 radical (unpaired) electrons. The molecule has 2 rings (SSSR count). The zero-order valence-corrected chi connectivity index (χ0v) is 6.12. The molecule has 58 valence electrons. The van der Waals surface area contributed by atoms with Crippen molar-refractivity contribution in [3.8, 4) is 0 Å². The van der Waals surface area contributed by atoms with Gasteiger partial charge in [0.2, 0.25) is 0 Å². The fourth-order valence-corrected chi connectivity index (χ4v) is 1.76. The Morgan fingerprint density at radius 3 is 2.60 bits per heavy atom. The van der Waals surface area contributed by atoms with Gasteiger partial charge in [0.1, 0.15) is 0 Å². The van der Waals surface area contributed by atoms with E-state index in [1.165, 1.54) is 12.8 Å². The van der Waals surface area contributed by atoms with Crippen molar-refractivity contribution in [3.05, 3.63) is 0 Å². The Morgan fingerprint density at radius 2 is 2.10 bits per heavy atom. The van der Waals surface area contributed by atoms with Gasteiger partial charge in [-0.05, 0) is 31.1 Å². The van der Waals surface area contributed by atoms with Crippen LogP contribution in [0.5, 0.6) is 0 Å². The van der Waals surface area contributed by atoms with Gasteiger partial charge in [-0.2, -0.15) is 0 Å². The number of rotatable bonds is 2. The number of hydrogen-bond donors (Lipinski definition) is 1. The highest BCUT2D eigenvalue weighted by Crippen LogP contribution is 2.41. The lowest BCUT2D eigenvalue weighted by Crippen LogP contribution is -2.10. The summed E-state index contributed by atoms with van der Waals surface area (Å²) in [7, 11) is 0. The quantitative estimate of drug-likeness (QED) is 0.617. The summed E-state index contributed by atoms with van der Waals surface area (Å²) >= 11 is 0. The smallest absolute Gasteiger partial charge is 0.0809 e. The number of ether oxygens (including phenoxy) is 1. The van der Waals surface area contributed by atoms with Crippen LogP contribution in [0, 0.1) is 11.8 Å². The first-order chi connectivity index (χ1) is 4.90. The van der Waals surface area contributed by atoms with E-state index in [-0.39, 0.29) is 12.7 Å². The standard InChI is InChI=1S/C8H14O2/c9-4-8-3-7(5-10-8)6-1-2-6/h6-9H,1-5H2/t7-,8-/m1/s1. The molecule has 1 saturated heterocycles. The molecule has 0 amide bonds. The second-order valence-electron chi connectivity index (χ2n) is 3.47. The van der Waals surface area contributed by atoms with Crippen molar-refractivity contribution in [2.45, 2.75) is 25.4 Å². The van der Waals surface area contributed by atoms with Gasteiger partial charge in [0.15, 0.2) is 0 Å². The van der Waals surface area contributed by atoms with E-state index < -0.39 is 0 Å². The first-order valence-corrected chi connectivity index (χ1v) is 4.12. The minimum atomic E-state index is 0.158. The number of aliphatic hydroxyl groups excluding tert-OH is 1. The molecule has 1 saturated carbocycles. The highest BCUT2D eigenvalue weighted by atomic mass is 16.5. The van der Waals surface area contributed by atoms with E-state index in [1.807, 2.05) is 0 Å². The van der Waals surface area contributed by atoms with Gasteiger partial charge in [-0.25, -0.2) is 0 Å². The van der Waals surface area contributed by atoms with Crippen LogP contribution in [0.1, 0.15) is 19.3 Å². The molecular weight excluding hydrogens is 128 g/mol. The normalized spacial score (nSPS) is 40.5. The third-order valence-electron chi connectivity index (χ3n) is 2.60. The summed E-state index contributed by atoms with van der Waals surface area (Å²) in [5.41, 5.74) is 0. The molecule has 0 bridgehead atoms. The Hall–Kier alpha value is -0.0800. The molecule has 0 aromatic rings.